The Morgan fingerprint density at radius 1 is 1.44 bits per heavy atom. The van der Waals surface area contributed by atoms with Crippen LogP contribution in [0.4, 0.5) is 8.78 Å². The van der Waals surface area contributed by atoms with E-state index in [0.29, 0.717) is 0 Å². The Bertz CT molecular complexity index is 430. The number of carboxylic acids is 1. The van der Waals surface area contributed by atoms with Crippen LogP contribution < -0.4 is 0 Å². The summed E-state index contributed by atoms with van der Waals surface area (Å²) in [6.45, 7) is 2.99. The Morgan fingerprint density at radius 3 is 2.50 bits per heavy atom. The van der Waals surface area contributed by atoms with E-state index in [0.717, 1.165) is 6.07 Å². The molecule has 1 N–H and O–H groups in total. The van der Waals surface area contributed by atoms with Gasteiger partial charge in [0.1, 0.15) is 11.6 Å². The molecule has 0 aromatic heterocycles. The minimum absolute atomic E-state index is 0.127. The van der Waals surface area contributed by atoms with Gasteiger partial charge in [0.25, 0.3) is 0 Å². The normalized spacial score (nSPS) is 11.6. The summed E-state index contributed by atoms with van der Waals surface area (Å²) >= 11 is 2.95. The van der Waals surface area contributed by atoms with Gasteiger partial charge in [-0.3, -0.25) is 4.79 Å². The fraction of sp³-hybridized carbons (Fsp3) is 0.364. The van der Waals surface area contributed by atoms with Gasteiger partial charge in [-0.2, -0.15) is 0 Å². The van der Waals surface area contributed by atoms with E-state index in [-0.39, 0.29) is 16.5 Å². The molecule has 0 aliphatic rings. The molecule has 1 aromatic carbocycles. The van der Waals surface area contributed by atoms with Crippen LogP contribution in [-0.4, -0.2) is 11.1 Å². The second kappa shape index (κ2) is 4.49. The largest absolute Gasteiger partial charge is 0.481 e. The van der Waals surface area contributed by atoms with E-state index in [1.807, 2.05) is 0 Å². The highest BCUT2D eigenvalue weighted by atomic mass is 79.9. The smallest absolute Gasteiger partial charge is 0.304 e. The Balaban J connectivity index is 3.31. The average Bonchev–Trinajstić information content (AvgIpc) is 2.09. The topological polar surface area (TPSA) is 37.3 Å². The summed E-state index contributed by atoms with van der Waals surface area (Å²) < 4.78 is 27.4. The summed E-state index contributed by atoms with van der Waals surface area (Å²) in [5, 5.41) is 8.70. The number of aliphatic carboxylic acids is 1. The van der Waals surface area contributed by atoms with E-state index < -0.39 is 23.0 Å². The quantitative estimate of drug-likeness (QED) is 0.866. The SMILES string of the molecule is CC(C)(CC(=O)O)c1c(F)ccc(Br)c1F. The van der Waals surface area contributed by atoms with Crippen molar-refractivity contribution in [1.82, 2.24) is 0 Å². The lowest BCUT2D eigenvalue weighted by atomic mass is 9.81. The average molecular weight is 293 g/mol. The molecule has 16 heavy (non-hydrogen) atoms. The maximum Gasteiger partial charge on any atom is 0.304 e. The van der Waals surface area contributed by atoms with Gasteiger partial charge in [0.15, 0.2) is 0 Å². The molecule has 0 amide bonds. The summed E-state index contributed by atoms with van der Waals surface area (Å²) in [5.41, 5.74) is -1.30. The third kappa shape index (κ3) is 2.58. The van der Waals surface area contributed by atoms with Crippen molar-refractivity contribution < 1.29 is 18.7 Å². The standard InChI is InChI=1S/C11H11BrF2O2/c1-11(2,5-8(15)16)9-7(13)4-3-6(12)10(9)14/h3-4H,5H2,1-2H3,(H,15,16). The highest BCUT2D eigenvalue weighted by Crippen LogP contribution is 2.34. The Morgan fingerprint density at radius 2 is 2.00 bits per heavy atom. The van der Waals surface area contributed by atoms with Gasteiger partial charge >= 0.3 is 5.97 Å². The van der Waals surface area contributed by atoms with Gasteiger partial charge in [0, 0.05) is 11.0 Å². The van der Waals surface area contributed by atoms with Crippen molar-refractivity contribution in [2.24, 2.45) is 0 Å². The van der Waals surface area contributed by atoms with E-state index in [4.69, 9.17) is 5.11 Å². The first-order valence-electron chi connectivity index (χ1n) is 4.61. The highest BCUT2D eigenvalue weighted by Gasteiger charge is 2.31. The minimum atomic E-state index is -1.09. The third-order valence-corrected chi connectivity index (χ3v) is 2.93. The lowest BCUT2D eigenvalue weighted by Gasteiger charge is -2.24. The van der Waals surface area contributed by atoms with Crippen LogP contribution in [0.25, 0.3) is 0 Å². The highest BCUT2D eigenvalue weighted by molar-refractivity contribution is 9.10. The molecular formula is C11H11BrF2O2. The Labute approximate surface area is 100 Å². The van der Waals surface area contributed by atoms with Gasteiger partial charge in [-0.15, -0.1) is 0 Å². The number of rotatable bonds is 3. The van der Waals surface area contributed by atoms with Crippen molar-refractivity contribution in [2.75, 3.05) is 0 Å². The van der Waals surface area contributed by atoms with E-state index in [9.17, 15) is 13.6 Å². The monoisotopic (exact) mass is 292 g/mol. The number of carbonyl (C=O) groups is 1. The number of hydrogen-bond acceptors (Lipinski definition) is 1. The summed E-state index contributed by atoms with van der Waals surface area (Å²) in [4.78, 5) is 10.6. The maximum atomic E-state index is 13.7. The van der Waals surface area contributed by atoms with E-state index in [2.05, 4.69) is 15.9 Å². The van der Waals surface area contributed by atoms with Crippen LogP contribution >= 0.6 is 15.9 Å². The van der Waals surface area contributed by atoms with Gasteiger partial charge in [-0.05, 0) is 28.1 Å². The van der Waals surface area contributed by atoms with Crippen LogP contribution in [0.15, 0.2) is 16.6 Å². The molecule has 0 bridgehead atoms. The van der Waals surface area contributed by atoms with Crippen LogP contribution in [0.2, 0.25) is 0 Å². The second-order valence-corrected chi connectivity index (χ2v) is 5.03. The molecule has 2 nitrogen and oxygen atoms in total. The molecule has 0 heterocycles. The van der Waals surface area contributed by atoms with Gasteiger partial charge in [-0.1, -0.05) is 13.8 Å². The number of carboxylic acid groups (broad SMARTS) is 1. The molecule has 0 aliphatic carbocycles. The maximum absolute atomic E-state index is 13.7. The molecule has 1 aromatic rings. The molecule has 0 saturated heterocycles. The lowest BCUT2D eigenvalue weighted by molar-refractivity contribution is -0.138. The zero-order chi connectivity index (χ0) is 12.5. The minimum Gasteiger partial charge on any atom is -0.481 e. The molecule has 0 unspecified atom stereocenters. The number of halogens is 3. The number of benzene rings is 1. The van der Waals surface area contributed by atoms with Gasteiger partial charge < -0.3 is 5.11 Å². The molecule has 0 spiro atoms. The van der Waals surface area contributed by atoms with Gasteiger partial charge in [0.05, 0.1) is 10.9 Å². The summed E-state index contributed by atoms with van der Waals surface area (Å²) in [6.07, 6.45) is -0.336. The van der Waals surface area contributed by atoms with Crippen molar-refractivity contribution >= 4 is 21.9 Å². The van der Waals surface area contributed by atoms with Gasteiger partial charge in [-0.25, -0.2) is 8.78 Å². The molecule has 0 atom stereocenters. The lowest BCUT2D eigenvalue weighted by Crippen LogP contribution is -2.24. The second-order valence-electron chi connectivity index (χ2n) is 4.17. The molecule has 88 valence electrons. The van der Waals surface area contributed by atoms with Crippen LogP contribution in [0, 0.1) is 11.6 Å². The summed E-state index contributed by atoms with van der Waals surface area (Å²) in [7, 11) is 0. The first-order chi connectivity index (χ1) is 7.25. The van der Waals surface area contributed by atoms with E-state index in [1.54, 1.807) is 0 Å². The zero-order valence-electron chi connectivity index (χ0n) is 8.85. The van der Waals surface area contributed by atoms with Crippen LogP contribution in [0.3, 0.4) is 0 Å². The van der Waals surface area contributed by atoms with Crippen LogP contribution in [0.5, 0.6) is 0 Å². The zero-order valence-corrected chi connectivity index (χ0v) is 10.4. The Kier molecular flexibility index (Phi) is 3.68. The molecule has 1 rings (SSSR count). The fourth-order valence-corrected chi connectivity index (χ4v) is 1.94. The van der Waals surface area contributed by atoms with Crippen molar-refractivity contribution in [1.29, 1.82) is 0 Å². The third-order valence-electron chi connectivity index (χ3n) is 2.31. The summed E-state index contributed by atoms with van der Waals surface area (Å²) in [6, 6.07) is 2.37. The van der Waals surface area contributed by atoms with Crippen molar-refractivity contribution in [2.45, 2.75) is 25.7 Å². The predicted molar refractivity (Wildman–Crippen MR) is 59.3 cm³/mol. The van der Waals surface area contributed by atoms with Crippen LogP contribution in [-0.2, 0) is 10.2 Å². The van der Waals surface area contributed by atoms with Crippen molar-refractivity contribution in [3.63, 3.8) is 0 Å². The number of hydrogen-bond donors (Lipinski definition) is 1. The van der Waals surface area contributed by atoms with E-state index >= 15 is 0 Å². The van der Waals surface area contributed by atoms with Crippen LogP contribution in [0.1, 0.15) is 25.8 Å². The fourth-order valence-electron chi connectivity index (χ4n) is 1.61. The van der Waals surface area contributed by atoms with Gasteiger partial charge in [0.2, 0.25) is 0 Å². The molecule has 0 fully saturated rings. The molecule has 0 saturated carbocycles. The van der Waals surface area contributed by atoms with Crippen molar-refractivity contribution in [3.8, 4) is 0 Å². The Hall–Kier alpha value is -0.970. The first-order valence-corrected chi connectivity index (χ1v) is 5.41. The molecule has 0 aliphatic heterocycles. The molecular weight excluding hydrogens is 282 g/mol. The predicted octanol–water partition coefficient (Wildman–Crippen LogP) is 3.48. The van der Waals surface area contributed by atoms with E-state index in [1.165, 1.54) is 19.9 Å². The molecule has 0 radical (unpaired) electrons. The summed E-state index contributed by atoms with van der Waals surface area (Å²) in [5.74, 6) is -2.57. The van der Waals surface area contributed by atoms with Crippen molar-refractivity contribution in [3.05, 3.63) is 33.8 Å². The first kappa shape index (κ1) is 13.1. The molecule has 5 heteroatoms.